The zero-order chi connectivity index (χ0) is 9.84. The Morgan fingerprint density at radius 1 is 1.31 bits per heavy atom. The van der Waals surface area contributed by atoms with E-state index in [0.717, 1.165) is 12.8 Å². The zero-order valence-corrected chi connectivity index (χ0v) is 8.67. The largest absolute Gasteiger partial charge is 0.393 e. The lowest BCUT2D eigenvalue weighted by Crippen LogP contribution is -2.02. The van der Waals surface area contributed by atoms with Gasteiger partial charge in [0.05, 0.1) is 6.10 Å². The lowest BCUT2D eigenvalue weighted by molar-refractivity contribution is 0.185. The van der Waals surface area contributed by atoms with Gasteiger partial charge in [-0.2, -0.15) is 0 Å². The van der Waals surface area contributed by atoms with E-state index in [1.807, 2.05) is 6.92 Å². The van der Waals surface area contributed by atoms with Crippen molar-refractivity contribution in [3.05, 3.63) is 34.9 Å². The Bertz CT molecular complexity index is 276. The second kappa shape index (κ2) is 4.43. The van der Waals surface area contributed by atoms with Crippen molar-refractivity contribution >= 4 is 0 Å². The molecule has 0 radical (unpaired) electrons. The molecule has 0 unspecified atom stereocenters. The van der Waals surface area contributed by atoms with Crippen molar-refractivity contribution in [2.24, 2.45) is 0 Å². The Balaban J connectivity index is 2.71. The lowest BCUT2D eigenvalue weighted by Gasteiger charge is -2.09. The molecule has 1 atom stereocenters. The quantitative estimate of drug-likeness (QED) is 0.754. The SMILES string of the molecule is Cc1cccc(CC[C@@H](C)O)c1C. The third-order valence-electron chi connectivity index (χ3n) is 2.55. The fourth-order valence-corrected chi connectivity index (χ4v) is 1.45. The fourth-order valence-electron chi connectivity index (χ4n) is 1.45. The number of aryl methyl sites for hydroxylation is 2. The van der Waals surface area contributed by atoms with Crippen LogP contribution in [-0.2, 0) is 6.42 Å². The van der Waals surface area contributed by atoms with Gasteiger partial charge in [-0.25, -0.2) is 0 Å². The van der Waals surface area contributed by atoms with Gasteiger partial charge in [0.1, 0.15) is 0 Å². The number of benzene rings is 1. The van der Waals surface area contributed by atoms with E-state index in [1.165, 1.54) is 16.7 Å². The molecule has 1 N–H and O–H groups in total. The van der Waals surface area contributed by atoms with Gasteiger partial charge in [0.25, 0.3) is 0 Å². The minimum atomic E-state index is -0.195. The summed E-state index contributed by atoms with van der Waals surface area (Å²) in [6.45, 7) is 6.11. The van der Waals surface area contributed by atoms with Gasteiger partial charge in [0.2, 0.25) is 0 Å². The molecule has 72 valence electrons. The van der Waals surface area contributed by atoms with E-state index < -0.39 is 0 Å². The number of aliphatic hydroxyl groups is 1. The van der Waals surface area contributed by atoms with E-state index in [1.54, 1.807) is 0 Å². The summed E-state index contributed by atoms with van der Waals surface area (Å²) in [5.74, 6) is 0. The second-order valence-corrected chi connectivity index (χ2v) is 3.75. The monoisotopic (exact) mass is 178 g/mol. The van der Waals surface area contributed by atoms with Crippen LogP contribution in [0.15, 0.2) is 18.2 Å². The maximum atomic E-state index is 9.17. The molecule has 0 aromatic heterocycles. The molecule has 0 aliphatic rings. The third-order valence-corrected chi connectivity index (χ3v) is 2.55. The highest BCUT2D eigenvalue weighted by atomic mass is 16.3. The average molecular weight is 178 g/mol. The first-order valence-electron chi connectivity index (χ1n) is 4.84. The summed E-state index contributed by atoms with van der Waals surface area (Å²) in [5.41, 5.74) is 4.06. The van der Waals surface area contributed by atoms with Gasteiger partial charge in [-0.3, -0.25) is 0 Å². The predicted octanol–water partition coefficient (Wildman–Crippen LogP) is 2.62. The van der Waals surface area contributed by atoms with Crippen molar-refractivity contribution in [1.29, 1.82) is 0 Å². The van der Waals surface area contributed by atoms with Crippen LogP contribution in [0.2, 0.25) is 0 Å². The van der Waals surface area contributed by atoms with Crippen molar-refractivity contribution in [3.8, 4) is 0 Å². The molecule has 1 nitrogen and oxygen atoms in total. The molecule has 1 aromatic carbocycles. The highest BCUT2D eigenvalue weighted by molar-refractivity contribution is 5.33. The Labute approximate surface area is 80.4 Å². The molecule has 0 aliphatic carbocycles. The van der Waals surface area contributed by atoms with E-state index in [2.05, 4.69) is 32.0 Å². The van der Waals surface area contributed by atoms with E-state index in [-0.39, 0.29) is 6.10 Å². The fraction of sp³-hybridized carbons (Fsp3) is 0.500. The molecule has 0 spiro atoms. The Morgan fingerprint density at radius 3 is 2.62 bits per heavy atom. The lowest BCUT2D eigenvalue weighted by atomic mass is 9.99. The van der Waals surface area contributed by atoms with E-state index >= 15 is 0 Å². The zero-order valence-electron chi connectivity index (χ0n) is 8.67. The molecule has 1 rings (SSSR count). The van der Waals surface area contributed by atoms with Crippen LogP contribution in [0.25, 0.3) is 0 Å². The van der Waals surface area contributed by atoms with E-state index in [9.17, 15) is 5.11 Å². The molecule has 0 heterocycles. The second-order valence-electron chi connectivity index (χ2n) is 3.75. The van der Waals surface area contributed by atoms with Crippen LogP contribution in [0.5, 0.6) is 0 Å². The van der Waals surface area contributed by atoms with Crippen molar-refractivity contribution in [1.82, 2.24) is 0 Å². The summed E-state index contributed by atoms with van der Waals surface area (Å²) in [5, 5.41) is 9.17. The predicted molar refractivity (Wildman–Crippen MR) is 55.9 cm³/mol. The molecule has 0 aliphatic heterocycles. The Morgan fingerprint density at radius 2 is 2.00 bits per heavy atom. The van der Waals surface area contributed by atoms with Crippen LogP contribution >= 0.6 is 0 Å². The molecular formula is C12H18O. The molecule has 0 saturated heterocycles. The maximum absolute atomic E-state index is 9.17. The van der Waals surface area contributed by atoms with Crippen LogP contribution in [0, 0.1) is 13.8 Å². The van der Waals surface area contributed by atoms with Crippen LogP contribution < -0.4 is 0 Å². The smallest absolute Gasteiger partial charge is 0.0515 e. The summed E-state index contributed by atoms with van der Waals surface area (Å²) in [6, 6.07) is 6.35. The van der Waals surface area contributed by atoms with E-state index in [0.29, 0.717) is 0 Å². The number of hydrogen-bond acceptors (Lipinski definition) is 1. The maximum Gasteiger partial charge on any atom is 0.0515 e. The van der Waals surface area contributed by atoms with Gasteiger partial charge < -0.3 is 5.11 Å². The normalized spacial score (nSPS) is 12.9. The first kappa shape index (κ1) is 10.3. The molecule has 1 heteroatoms. The first-order chi connectivity index (χ1) is 6.11. The molecule has 0 fully saturated rings. The molecule has 1 aromatic rings. The highest BCUT2D eigenvalue weighted by Crippen LogP contribution is 2.14. The van der Waals surface area contributed by atoms with Gasteiger partial charge in [-0.15, -0.1) is 0 Å². The number of hydrogen-bond donors (Lipinski definition) is 1. The third kappa shape index (κ3) is 2.85. The van der Waals surface area contributed by atoms with Crippen LogP contribution in [0.3, 0.4) is 0 Å². The van der Waals surface area contributed by atoms with Gasteiger partial charge in [-0.05, 0) is 50.3 Å². The molecule has 13 heavy (non-hydrogen) atoms. The highest BCUT2D eigenvalue weighted by Gasteiger charge is 2.02. The standard InChI is InChI=1S/C12H18O/c1-9-5-4-6-12(11(9)3)8-7-10(2)13/h4-6,10,13H,7-8H2,1-3H3/t10-/m1/s1. The molecule has 0 saturated carbocycles. The van der Waals surface area contributed by atoms with Gasteiger partial charge in [0.15, 0.2) is 0 Å². The molecule has 0 bridgehead atoms. The summed E-state index contributed by atoms with van der Waals surface area (Å²) >= 11 is 0. The minimum Gasteiger partial charge on any atom is -0.393 e. The van der Waals surface area contributed by atoms with Gasteiger partial charge in [0, 0.05) is 0 Å². The minimum absolute atomic E-state index is 0.195. The van der Waals surface area contributed by atoms with Crippen molar-refractivity contribution in [3.63, 3.8) is 0 Å². The van der Waals surface area contributed by atoms with Crippen molar-refractivity contribution < 1.29 is 5.11 Å². The summed E-state index contributed by atoms with van der Waals surface area (Å²) < 4.78 is 0. The summed E-state index contributed by atoms with van der Waals surface area (Å²) in [4.78, 5) is 0. The Kier molecular flexibility index (Phi) is 3.49. The Hall–Kier alpha value is -0.820. The molecule has 0 amide bonds. The number of rotatable bonds is 3. The van der Waals surface area contributed by atoms with Crippen molar-refractivity contribution in [2.45, 2.75) is 39.7 Å². The number of aliphatic hydroxyl groups excluding tert-OH is 1. The van der Waals surface area contributed by atoms with E-state index in [4.69, 9.17) is 0 Å². The summed E-state index contributed by atoms with van der Waals surface area (Å²) in [6.07, 6.45) is 1.63. The first-order valence-corrected chi connectivity index (χ1v) is 4.84. The topological polar surface area (TPSA) is 20.2 Å². The van der Waals surface area contributed by atoms with Crippen LogP contribution in [0.4, 0.5) is 0 Å². The van der Waals surface area contributed by atoms with Crippen LogP contribution in [-0.4, -0.2) is 11.2 Å². The summed E-state index contributed by atoms with van der Waals surface area (Å²) in [7, 11) is 0. The van der Waals surface area contributed by atoms with Gasteiger partial charge >= 0.3 is 0 Å². The van der Waals surface area contributed by atoms with Gasteiger partial charge in [-0.1, -0.05) is 18.2 Å². The van der Waals surface area contributed by atoms with Crippen molar-refractivity contribution in [2.75, 3.05) is 0 Å². The van der Waals surface area contributed by atoms with Crippen LogP contribution in [0.1, 0.15) is 30.0 Å². The average Bonchev–Trinajstić information content (AvgIpc) is 2.07. The molecular weight excluding hydrogens is 160 g/mol.